The summed E-state index contributed by atoms with van der Waals surface area (Å²) in [6.07, 6.45) is 8.44. The minimum atomic E-state index is -0.0403. The number of piperidine rings is 1. The second-order valence-electron chi connectivity index (χ2n) is 8.12. The number of ketones is 1. The lowest BCUT2D eigenvalue weighted by molar-refractivity contribution is -0.124. The van der Waals surface area contributed by atoms with Gasteiger partial charge in [-0.15, -0.1) is 0 Å². The fourth-order valence-electron chi connectivity index (χ4n) is 3.68. The minimum absolute atomic E-state index is 0.0310. The summed E-state index contributed by atoms with van der Waals surface area (Å²) in [5.74, 6) is 1.31. The molecule has 1 amide bonds. The van der Waals surface area contributed by atoms with Crippen LogP contribution >= 0.6 is 0 Å². The molecule has 6 heteroatoms. The quantitative estimate of drug-likeness (QED) is 0.740. The lowest BCUT2D eigenvalue weighted by Crippen LogP contribution is -2.42. The number of rotatable bonds is 8. The number of hydrogen-bond donors (Lipinski definition) is 1. The molecule has 0 aromatic carbocycles. The van der Waals surface area contributed by atoms with E-state index in [-0.39, 0.29) is 17.6 Å². The van der Waals surface area contributed by atoms with Gasteiger partial charge >= 0.3 is 0 Å². The molecule has 3 rings (SSSR count). The highest BCUT2D eigenvalue weighted by atomic mass is 16.2. The Bertz CT molecular complexity index is 805. The third kappa shape index (κ3) is 6.11. The number of pyridine rings is 2. The molecule has 154 valence electrons. The van der Waals surface area contributed by atoms with E-state index >= 15 is 0 Å². The van der Waals surface area contributed by atoms with Crippen molar-refractivity contribution in [3.8, 4) is 0 Å². The molecule has 0 saturated carbocycles. The maximum absolute atomic E-state index is 12.8. The highest BCUT2D eigenvalue weighted by Gasteiger charge is 2.29. The summed E-state index contributed by atoms with van der Waals surface area (Å²) in [7, 11) is 0. The third-order valence-corrected chi connectivity index (χ3v) is 5.23. The molecule has 0 aliphatic carbocycles. The monoisotopic (exact) mass is 394 g/mol. The van der Waals surface area contributed by atoms with Gasteiger partial charge in [0.15, 0.2) is 0 Å². The summed E-state index contributed by atoms with van der Waals surface area (Å²) in [4.78, 5) is 35.5. The summed E-state index contributed by atoms with van der Waals surface area (Å²) in [6, 6.07) is 7.61. The van der Waals surface area contributed by atoms with E-state index in [1.165, 1.54) is 5.56 Å². The van der Waals surface area contributed by atoms with Gasteiger partial charge in [0.1, 0.15) is 11.6 Å². The van der Waals surface area contributed by atoms with E-state index in [4.69, 9.17) is 0 Å². The average Bonchev–Trinajstić information content (AvgIpc) is 2.74. The molecule has 1 aliphatic heterocycles. The van der Waals surface area contributed by atoms with Crippen molar-refractivity contribution in [1.29, 1.82) is 0 Å². The number of nitrogens with one attached hydrogen (secondary N) is 1. The van der Waals surface area contributed by atoms with Crippen molar-refractivity contribution in [3.05, 3.63) is 54.0 Å². The molecule has 1 saturated heterocycles. The third-order valence-electron chi connectivity index (χ3n) is 5.23. The zero-order chi connectivity index (χ0) is 20.6. The summed E-state index contributed by atoms with van der Waals surface area (Å²) in [6.45, 7) is 6.09. The van der Waals surface area contributed by atoms with E-state index in [1.807, 2.05) is 24.4 Å². The molecule has 0 spiro atoms. The number of amides is 1. The van der Waals surface area contributed by atoms with Gasteiger partial charge in [0, 0.05) is 50.6 Å². The Balaban J connectivity index is 1.52. The Kier molecular flexibility index (Phi) is 7.33. The molecule has 1 atom stereocenters. The standard InChI is InChI=1S/C23H30N4O2/c1-17(2)13-21(28)20-6-4-12-27(16-20)23(29)19-7-8-22(26-15-19)25-11-9-18-5-3-10-24-14-18/h3,5,7-8,10,14-15,17,20H,4,6,9,11-13,16H2,1-2H3,(H,25,26)/t20-/m0/s1. The molecule has 1 aliphatic rings. The fourth-order valence-corrected chi connectivity index (χ4v) is 3.68. The van der Waals surface area contributed by atoms with Crippen LogP contribution in [0.3, 0.4) is 0 Å². The van der Waals surface area contributed by atoms with Crippen molar-refractivity contribution in [2.45, 2.75) is 39.5 Å². The van der Waals surface area contributed by atoms with E-state index in [0.717, 1.165) is 31.6 Å². The van der Waals surface area contributed by atoms with Gasteiger partial charge in [-0.25, -0.2) is 4.98 Å². The fraction of sp³-hybridized carbons (Fsp3) is 0.478. The largest absolute Gasteiger partial charge is 0.370 e. The molecular weight excluding hydrogens is 364 g/mol. The molecule has 1 N–H and O–H groups in total. The van der Waals surface area contributed by atoms with Crippen molar-refractivity contribution < 1.29 is 9.59 Å². The minimum Gasteiger partial charge on any atom is -0.370 e. The van der Waals surface area contributed by atoms with Crippen LogP contribution in [-0.2, 0) is 11.2 Å². The van der Waals surface area contributed by atoms with Crippen LogP contribution < -0.4 is 5.32 Å². The number of carbonyl (C=O) groups is 2. The van der Waals surface area contributed by atoms with Crippen LogP contribution in [0.1, 0.15) is 49.0 Å². The Labute approximate surface area is 172 Å². The van der Waals surface area contributed by atoms with Crippen molar-refractivity contribution in [2.75, 3.05) is 25.0 Å². The van der Waals surface area contributed by atoms with Crippen molar-refractivity contribution in [2.24, 2.45) is 11.8 Å². The lowest BCUT2D eigenvalue weighted by atomic mass is 9.89. The van der Waals surface area contributed by atoms with Gasteiger partial charge in [0.25, 0.3) is 5.91 Å². The van der Waals surface area contributed by atoms with Gasteiger partial charge in [0.05, 0.1) is 5.56 Å². The van der Waals surface area contributed by atoms with Crippen LogP contribution in [0.25, 0.3) is 0 Å². The number of anilines is 1. The smallest absolute Gasteiger partial charge is 0.255 e. The summed E-state index contributed by atoms with van der Waals surface area (Å²) < 4.78 is 0. The first-order valence-electron chi connectivity index (χ1n) is 10.4. The Hall–Kier alpha value is -2.76. The average molecular weight is 395 g/mol. The second-order valence-corrected chi connectivity index (χ2v) is 8.12. The van der Waals surface area contributed by atoms with E-state index in [2.05, 4.69) is 29.1 Å². The Morgan fingerprint density at radius 3 is 2.79 bits per heavy atom. The topological polar surface area (TPSA) is 75.2 Å². The van der Waals surface area contributed by atoms with Crippen LogP contribution in [-0.4, -0.2) is 46.2 Å². The summed E-state index contributed by atoms with van der Waals surface area (Å²) in [5.41, 5.74) is 1.73. The predicted octanol–water partition coefficient (Wildman–Crippen LogP) is 3.60. The highest BCUT2D eigenvalue weighted by molar-refractivity contribution is 5.94. The second kappa shape index (κ2) is 10.1. The highest BCUT2D eigenvalue weighted by Crippen LogP contribution is 2.22. The zero-order valence-electron chi connectivity index (χ0n) is 17.3. The summed E-state index contributed by atoms with van der Waals surface area (Å²) >= 11 is 0. The number of hydrogen-bond acceptors (Lipinski definition) is 5. The molecule has 2 aromatic rings. The van der Waals surface area contributed by atoms with Crippen LogP contribution in [0.2, 0.25) is 0 Å². The lowest BCUT2D eigenvalue weighted by Gasteiger charge is -2.32. The van der Waals surface area contributed by atoms with Gasteiger partial charge in [-0.1, -0.05) is 19.9 Å². The van der Waals surface area contributed by atoms with Crippen LogP contribution in [0.4, 0.5) is 5.82 Å². The normalized spacial score (nSPS) is 16.7. The van der Waals surface area contributed by atoms with Crippen LogP contribution in [0, 0.1) is 11.8 Å². The number of Topliss-reactive ketones (excluding diaryl/α,β-unsaturated/α-hetero) is 1. The molecule has 2 aromatic heterocycles. The maximum atomic E-state index is 12.8. The first-order chi connectivity index (χ1) is 14.0. The molecule has 29 heavy (non-hydrogen) atoms. The van der Waals surface area contributed by atoms with Crippen LogP contribution in [0.5, 0.6) is 0 Å². The van der Waals surface area contributed by atoms with Crippen molar-refractivity contribution in [1.82, 2.24) is 14.9 Å². The Morgan fingerprint density at radius 1 is 1.24 bits per heavy atom. The van der Waals surface area contributed by atoms with Gasteiger partial charge < -0.3 is 10.2 Å². The molecule has 1 fully saturated rings. The van der Waals surface area contributed by atoms with E-state index in [1.54, 1.807) is 23.4 Å². The maximum Gasteiger partial charge on any atom is 0.255 e. The number of carbonyl (C=O) groups excluding carboxylic acids is 2. The number of aromatic nitrogens is 2. The Morgan fingerprint density at radius 2 is 2.10 bits per heavy atom. The molecular formula is C23H30N4O2. The van der Waals surface area contributed by atoms with Crippen LogP contribution in [0.15, 0.2) is 42.9 Å². The molecule has 6 nitrogen and oxygen atoms in total. The van der Waals surface area contributed by atoms with E-state index < -0.39 is 0 Å². The molecule has 3 heterocycles. The van der Waals surface area contributed by atoms with Gasteiger partial charge in [-0.3, -0.25) is 14.6 Å². The SMILES string of the molecule is CC(C)CC(=O)[C@H]1CCCN(C(=O)c2ccc(NCCc3cccnc3)nc2)C1. The van der Waals surface area contributed by atoms with E-state index in [9.17, 15) is 9.59 Å². The molecule has 0 bridgehead atoms. The molecule has 0 radical (unpaired) electrons. The predicted molar refractivity (Wildman–Crippen MR) is 114 cm³/mol. The zero-order valence-corrected chi connectivity index (χ0v) is 17.3. The van der Waals surface area contributed by atoms with E-state index in [0.29, 0.717) is 31.0 Å². The van der Waals surface area contributed by atoms with Gasteiger partial charge in [0.2, 0.25) is 0 Å². The van der Waals surface area contributed by atoms with Gasteiger partial charge in [-0.2, -0.15) is 0 Å². The van der Waals surface area contributed by atoms with Gasteiger partial charge in [-0.05, 0) is 48.9 Å². The molecule has 0 unspecified atom stereocenters. The summed E-state index contributed by atoms with van der Waals surface area (Å²) in [5, 5.41) is 3.27. The van der Waals surface area contributed by atoms with Crippen molar-refractivity contribution >= 4 is 17.5 Å². The van der Waals surface area contributed by atoms with Crippen molar-refractivity contribution in [3.63, 3.8) is 0 Å². The first-order valence-corrected chi connectivity index (χ1v) is 10.4. The number of nitrogens with zero attached hydrogens (tertiary/aromatic N) is 3. The first kappa shape index (κ1) is 21.0. The number of likely N-dealkylation sites (tertiary alicyclic amines) is 1.